The maximum absolute atomic E-state index is 12.5. The van der Waals surface area contributed by atoms with E-state index < -0.39 is 5.54 Å². The summed E-state index contributed by atoms with van der Waals surface area (Å²) >= 11 is 0. The van der Waals surface area contributed by atoms with Gasteiger partial charge in [-0.25, -0.2) is 9.78 Å². The van der Waals surface area contributed by atoms with Gasteiger partial charge in [0.05, 0.1) is 6.54 Å². The number of imide groups is 1. The summed E-state index contributed by atoms with van der Waals surface area (Å²) in [5.41, 5.74) is 5.69. The summed E-state index contributed by atoms with van der Waals surface area (Å²) in [4.78, 5) is 29.8. The first kappa shape index (κ1) is 12.9. The molecule has 3 heterocycles. The Hall–Kier alpha value is -2.15. The van der Waals surface area contributed by atoms with Crippen LogP contribution in [0.15, 0.2) is 18.3 Å². The second-order valence-corrected chi connectivity index (χ2v) is 5.24. The maximum atomic E-state index is 12.5. The molecule has 0 saturated carbocycles. The number of nitrogens with one attached hydrogen (secondary N) is 2. The van der Waals surface area contributed by atoms with Crippen molar-refractivity contribution < 1.29 is 9.59 Å². The van der Waals surface area contributed by atoms with E-state index in [1.54, 1.807) is 18.3 Å². The van der Waals surface area contributed by atoms with Crippen LogP contribution in [0.1, 0.15) is 18.4 Å². The molecule has 1 aromatic heterocycles. The molecule has 106 valence electrons. The van der Waals surface area contributed by atoms with Crippen LogP contribution in [0.25, 0.3) is 0 Å². The minimum atomic E-state index is -0.721. The molecule has 7 heteroatoms. The Kier molecular flexibility index (Phi) is 3.06. The molecule has 1 aromatic rings. The minimum Gasteiger partial charge on any atom is -0.384 e. The van der Waals surface area contributed by atoms with Crippen LogP contribution in [0.5, 0.6) is 0 Å². The number of amides is 3. The van der Waals surface area contributed by atoms with Gasteiger partial charge in [0, 0.05) is 6.20 Å². The molecule has 0 bridgehead atoms. The molecule has 0 unspecified atom stereocenters. The lowest BCUT2D eigenvalue weighted by atomic mass is 9.88. The van der Waals surface area contributed by atoms with E-state index in [1.165, 1.54) is 4.90 Å². The molecule has 0 aromatic carbocycles. The molecule has 7 nitrogen and oxygen atoms in total. The number of nitrogens with zero attached hydrogens (tertiary/aromatic N) is 2. The highest BCUT2D eigenvalue weighted by Gasteiger charge is 2.51. The van der Waals surface area contributed by atoms with Crippen LogP contribution < -0.4 is 16.4 Å². The number of hydrogen-bond acceptors (Lipinski definition) is 5. The van der Waals surface area contributed by atoms with Gasteiger partial charge in [0.15, 0.2) is 0 Å². The summed E-state index contributed by atoms with van der Waals surface area (Å²) in [5.74, 6) is 0.241. The monoisotopic (exact) mass is 275 g/mol. The lowest BCUT2D eigenvalue weighted by molar-refractivity contribution is -0.132. The molecule has 0 atom stereocenters. The SMILES string of the molecule is Nc1cc(CN2C(=O)NC3(CCNCC3)C2=O)ccn1. The van der Waals surface area contributed by atoms with Crippen LogP contribution in [0.4, 0.5) is 10.6 Å². The highest BCUT2D eigenvalue weighted by Crippen LogP contribution is 2.28. The zero-order valence-electron chi connectivity index (χ0n) is 11.1. The molecule has 4 N–H and O–H groups in total. The van der Waals surface area contributed by atoms with E-state index >= 15 is 0 Å². The summed E-state index contributed by atoms with van der Waals surface area (Å²) in [6.45, 7) is 1.71. The summed E-state index contributed by atoms with van der Waals surface area (Å²) < 4.78 is 0. The van der Waals surface area contributed by atoms with Crippen molar-refractivity contribution in [1.29, 1.82) is 0 Å². The van der Waals surface area contributed by atoms with Crippen LogP contribution in [0.2, 0.25) is 0 Å². The second kappa shape index (κ2) is 4.75. The molecular weight excluding hydrogens is 258 g/mol. The van der Waals surface area contributed by atoms with Crippen LogP contribution in [0.3, 0.4) is 0 Å². The number of urea groups is 1. The van der Waals surface area contributed by atoms with E-state index in [4.69, 9.17) is 5.73 Å². The van der Waals surface area contributed by atoms with Crippen LogP contribution in [0, 0.1) is 0 Å². The second-order valence-electron chi connectivity index (χ2n) is 5.24. The third-order valence-corrected chi connectivity index (χ3v) is 3.89. The number of nitrogens with two attached hydrogens (primary N) is 1. The summed E-state index contributed by atoms with van der Waals surface area (Å²) in [5, 5.41) is 6.05. The van der Waals surface area contributed by atoms with E-state index in [2.05, 4.69) is 15.6 Å². The Morgan fingerprint density at radius 3 is 2.80 bits per heavy atom. The normalized spacial score (nSPS) is 21.3. The predicted molar refractivity (Wildman–Crippen MR) is 72.6 cm³/mol. The molecule has 0 aliphatic carbocycles. The average molecular weight is 275 g/mol. The number of aromatic nitrogens is 1. The lowest BCUT2D eigenvalue weighted by Crippen LogP contribution is -2.53. The number of carbonyl (C=O) groups is 2. The van der Waals surface area contributed by atoms with E-state index in [9.17, 15) is 9.59 Å². The molecule has 20 heavy (non-hydrogen) atoms. The Labute approximate surface area is 116 Å². The molecule has 2 fully saturated rings. The molecular formula is C13H17N5O2. The summed E-state index contributed by atoms with van der Waals surface area (Å²) in [7, 11) is 0. The van der Waals surface area contributed by atoms with Crippen molar-refractivity contribution in [1.82, 2.24) is 20.5 Å². The third-order valence-electron chi connectivity index (χ3n) is 3.89. The number of piperidine rings is 1. The molecule has 3 rings (SSSR count). The number of hydrogen-bond donors (Lipinski definition) is 3. The Bertz CT molecular complexity index is 553. The standard InChI is InChI=1S/C13H17N5O2/c14-10-7-9(1-4-16-10)8-18-11(19)13(17-12(18)20)2-5-15-6-3-13/h1,4,7,15H,2-3,5-6,8H2,(H2,14,16)(H,17,20). The fourth-order valence-corrected chi connectivity index (χ4v) is 2.79. The molecule has 2 aliphatic heterocycles. The Morgan fingerprint density at radius 1 is 1.35 bits per heavy atom. The van der Waals surface area contributed by atoms with Crippen LogP contribution in [-0.2, 0) is 11.3 Å². The Morgan fingerprint density at radius 2 is 2.10 bits per heavy atom. The first-order valence-corrected chi connectivity index (χ1v) is 6.66. The molecule has 2 saturated heterocycles. The minimum absolute atomic E-state index is 0.139. The summed E-state index contributed by atoms with van der Waals surface area (Å²) in [6, 6.07) is 3.10. The van der Waals surface area contributed by atoms with E-state index in [0.717, 1.165) is 18.7 Å². The highest BCUT2D eigenvalue weighted by atomic mass is 16.2. The number of nitrogen functional groups attached to an aromatic ring is 1. The number of anilines is 1. The van der Waals surface area contributed by atoms with E-state index in [-0.39, 0.29) is 18.5 Å². The first-order valence-electron chi connectivity index (χ1n) is 6.66. The first-order chi connectivity index (χ1) is 9.61. The highest BCUT2D eigenvalue weighted by molar-refractivity contribution is 6.07. The van der Waals surface area contributed by atoms with Gasteiger partial charge >= 0.3 is 6.03 Å². The van der Waals surface area contributed by atoms with Crippen molar-refractivity contribution in [3.8, 4) is 0 Å². The maximum Gasteiger partial charge on any atom is 0.325 e. The van der Waals surface area contributed by atoms with Crippen molar-refractivity contribution in [3.05, 3.63) is 23.9 Å². The Balaban J connectivity index is 1.80. The van der Waals surface area contributed by atoms with Crippen LogP contribution in [-0.4, -0.2) is 40.5 Å². The summed E-state index contributed by atoms with van der Waals surface area (Å²) in [6.07, 6.45) is 2.84. The van der Waals surface area contributed by atoms with Gasteiger partial charge in [0.1, 0.15) is 11.4 Å². The van der Waals surface area contributed by atoms with Gasteiger partial charge in [-0.1, -0.05) is 0 Å². The third kappa shape index (κ3) is 2.09. The molecule has 3 amide bonds. The van der Waals surface area contributed by atoms with Gasteiger partial charge in [-0.15, -0.1) is 0 Å². The van der Waals surface area contributed by atoms with Crippen LogP contribution >= 0.6 is 0 Å². The van der Waals surface area contributed by atoms with Crippen molar-refractivity contribution >= 4 is 17.8 Å². The predicted octanol–water partition coefficient (Wildman–Crippen LogP) is -0.162. The van der Waals surface area contributed by atoms with Crippen molar-refractivity contribution in [2.75, 3.05) is 18.8 Å². The number of carbonyl (C=O) groups excluding carboxylic acids is 2. The van der Waals surface area contributed by atoms with Gasteiger partial charge in [-0.05, 0) is 43.6 Å². The zero-order valence-corrected chi connectivity index (χ0v) is 11.1. The smallest absolute Gasteiger partial charge is 0.325 e. The average Bonchev–Trinajstić information content (AvgIpc) is 2.64. The topological polar surface area (TPSA) is 100 Å². The lowest BCUT2D eigenvalue weighted by Gasteiger charge is -2.31. The fraction of sp³-hybridized carbons (Fsp3) is 0.462. The van der Waals surface area contributed by atoms with Gasteiger partial charge in [0.2, 0.25) is 0 Å². The quantitative estimate of drug-likeness (QED) is 0.651. The van der Waals surface area contributed by atoms with Gasteiger partial charge in [0.25, 0.3) is 5.91 Å². The molecule has 0 radical (unpaired) electrons. The van der Waals surface area contributed by atoms with E-state index in [0.29, 0.717) is 18.7 Å². The van der Waals surface area contributed by atoms with E-state index in [1.807, 2.05) is 0 Å². The molecule has 2 aliphatic rings. The zero-order chi connectivity index (χ0) is 14.2. The number of pyridine rings is 1. The van der Waals surface area contributed by atoms with Crippen molar-refractivity contribution in [2.45, 2.75) is 24.9 Å². The van der Waals surface area contributed by atoms with Gasteiger partial charge in [-0.2, -0.15) is 0 Å². The van der Waals surface area contributed by atoms with Gasteiger partial charge < -0.3 is 16.4 Å². The number of rotatable bonds is 2. The van der Waals surface area contributed by atoms with Gasteiger partial charge in [-0.3, -0.25) is 9.69 Å². The largest absolute Gasteiger partial charge is 0.384 e. The van der Waals surface area contributed by atoms with Crippen molar-refractivity contribution in [2.24, 2.45) is 0 Å². The van der Waals surface area contributed by atoms with Crippen molar-refractivity contribution in [3.63, 3.8) is 0 Å². The molecule has 1 spiro atoms. The fourth-order valence-electron chi connectivity index (χ4n) is 2.79.